The van der Waals surface area contributed by atoms with E-state index in [2.05, 4.69) is 88.9 Å². The molecule has 178 valence electrons. The van der Waals surface area contributed by atoms with Crippen LogP contribution in [0, 0.1) is 0 Å². The van der Waals surface area contributed by atoms with E-state index in [1.54, 1.807) is 11.3 Å². The molecule has 5 nitrogen and oxygen atoms in total. The second kappa shape index (κ2) is 10.2. The Morgan fingerprint density at radius 1 is 1.00 bits per heavy atom. The van der Waals surface area contributed by atoms with E-state index in [1.165, 1.54) is 21.7 Å². The summed E-state index contributed by atoms with van der Waals surface area (Å²) in [6.45, 7) is 9.41. The lowest BCUT2D eigenvalue weighted by atomic mass is 10.00. The summed E-state index contributed by atoms with van der Waals surface area (Å²) in [5.74, 6) is 0.0513. The van der Waals surface area contributed by atoms with Crippen LogP contribution in [-0.4, -0.2) is 30.4 Å². The third kappa shape index (κ3) is 4.70. The number of hydrogen-bond acceptors (Lipinski definition) is 5. The lowest BCUT2D eigenvalue weighted by molar-refractivity contribution is 0.0934. The van der Waals surface area contributed by atoms with Gasteiger partial charge in [0.2, 0.25) is 0 Å². The van der Waals surface area contributed by atoms with Gasteiger partial charge in [-0.15, -0.1) is 11.3 Å². The van der Waals surface area contributed by atoms with E-state index in [1.807, 2.05) is 0 Å². The van der Waals surface area contributed by atoms with Crippen LogP contribution in [0.5, 0.6) is 0 Å². The highest BCUT2D eigenvalue weighted by Gasteiger charge is 2.33. The van der Waals surface area contributed by atoms with Crippen molar-refractivity contribution in [2.75, 3.05) is 29.9 Å². The Hall–Kier alpha value is -2.83. The predicted molar refractivity (Wildman–Crippen MR) is 142 cm³/mol. The molecule has 6 heteroatoms. The Morgan fingerprint density at radius 3 is 2.44 bits per heavy atom. The van der Waals surface area contributed by atoms with E-state index in [-0.39, 0.29) is 12.1 Å². The van der Waals surface area contributed by atoms with Crippen molar-refractivity contribution in [3.8, 4) is 0 Å². The number of hydrogen-bond donors (Lipinski definition) is 2. The maximum absolute atomic E-state index is 13.2. The van der Waals surface area contributed by atoms with Crippen LogP contribution in [0.25, 0.3) is 0 Å². The summed E-state index contributed by atoms with van der Waals surface area (Å²) in [6, 6.07) is 19.3. The molecule has 5 rings (SSSR count). The number of nitrogens with zero attached hydrogens (tertiary/aromatic N) is 2. The van der Waals surface area contributed by atoms with Gasteiger partial charge < -0.3 is 15.5 Å². The quantitative estimate of drug-likeness (QED) is 0.434. The van der Waals surface area contributed by atoms with Gasteiger partial charge in [0.15, 0.2) is 0 Å². The van der Waals surface area contributed by atoms with E-state index in [9.17, 15) is 4.79 Å². The summed E-state index contributed by atoms with van der Waals surface area (Å²) in [6.07, 6.45) is 3.00. The van der Waals surface area contributed by atoms with Gasteiger partial charge in [-0.3, -0.25) is 9.69 Å². The first kappa shape index (κ1) is 22.9. The van der Waals surface area contributed by atoms with Gasteiger partial charge in [0.25, 0.3) is 5.91 Å². The van der Waals surface area contributed by atoms with Crippen LogP contribution >= 0.6 is 11.3 Å². The van der Waals surface area contributed by atoms with Crippen LogP contribution in [0.3, 0.4) is 0 Å². The molecular weight excluding hydrogens is 440 g/mol. The number of rotatable bonds is 8. The average Bonchev–Trinajstić information content (AvgIpc) is 3.23. The van der Waals surface area contributed by atoms with Crippen molar-refractivity contribution in [2.24, 2.45) is 0 Å². The number of fused-ring (bicyclic) bond motifs is 3. The molecule has 0 saturated carbocycles. The Kier molecular flexibility index (Phi) is 6.88. The predicted octanol–water partition coefficient (Wildman–Crippen LogP) is 5.79. The highest BCUT2D eigenvalue weighted by atomic mass is 32.1. The first-order valence-electron chi connectivity index (χ1n) is 12.5. The van der Waals surface area contributed by atoms with Gasteiger partial charge in [0.1, 0.15) is 11.2 Å². The fourth-order valence-electron chi connectivity index (χ4n) is 5.10. The summed E-state index contributed by atoms with van der Waals surface area (Å²) >= 11 is 1.75. The van der Waals surface area contributed by atoms with Gasteiger partial charge in [-0.1, -0.05) is 56.3 Å². The minimum absolute atomic E-state index is 0.0513. The Balaban J connectivity index is 1.31. The van der Waals surface area contributed by atoms with Crippen molar-refractivity contribution in [2.45, 2.75) is 52.4 Å². The zero-order valence-corrected chi connectivity index (χ0v) is 21.0. The molecule has 0 spiro atoms. The second-order valence-corrected chi connectivity index (χ2v) is 10.4. The number of amides is 1. The van der Waals surface area contributed by atoms with Crippen LogP contribution in [0.2, 0.25) is 0 Å². The van der Waals surface area contributed by atoms with Crippen molar-refractivity contribution < 1.29 is 4.79 Å². The van der Waals surface area contributed by atoms with Gasteiger partial charge in [-0.2, -0.15) is 0 Å². The third-order valence-corrected chi connectivity index (χ3v) is 7.89. The molecule has 2 aromatic carbocycles. The lowest BCUT2D eigenvalue weighted by Crippen LogP contribution is -2.38. The molecule has 0 radical (unpaired) electrons. The molecule has 2 aliphatic rings. The van der Waals surface area contributed by atoms with Gasteiger partial charge in [0.05, 0.1) is 5.56 Å². The number of thiophene rings is 1. The van der Waals surface area contributed by atoms with Crippen molar-refractivity contribution >= 4 is 27.9 Å². The van der Waals surface area contributed by atoms with Gasteiger partial charge in [-0.05, 0) is 48.1 Å². The zero-order chi connectivity index (χ0) is 23.5. The number of carbonyl (C=O) groups is 1. The summed E-state index contributed by atoms with van der Waals surface area (Å²) in [7, 11) is 0. The summed E-state index contributed by atoms with van der Waals surface area (Å²) in [5.41, 5.74) is 5.78. The Morgan fingerprint density at radius 2 is 1.74 bits per heavy atom. The van der Waals surface area contributed by atoms with E-state index in [0.717, 1.165) is 68.1 Å². The van der Waals surface area contributed by atoms with Crippen molar-refractivity contribution in [1.29, 1.82) is 0 Å². The van der Waals surface area contributed by atoms with Crippen molar-refractivity contribution in [3.05, 3.63) is 81.7 Å². The van der Waals surface area contributed by atoms with Crippen LogP contribution < -0.4 is 15.5 Å². The van der Waals surface area contributed by atoms with Crippen LogP contribution in [0.4, 0.5) is 10.7 Å². The minimum Gasteiger partial charge on any atom is -0.372 e. The number of anilines is 2. The fourth-order valence-corrected chi connectivity index (χ4v) is 6.41. The van der Waals surface area contributed by atoms with Crippen LogP contribution in [0.1, 0.15) is 64.8 Å². The highest BCUT2D eigenvalue weighted by Crippen LogP contribution is 2.41. The van der Waals surface area contributed by atoms with E-state index >= 15 is 0 Å². The van der Waals surface area contributed by atoms with E-state index in [0.29, 0.717) is 0 Å². The summed E-state index contributed by atoms with van der Waals surface area (Å²) < 4.78 is 0. The SMILES string of the molecule is CCCN(CCC)c1ccc(C2NC(=O)c3c(sc4c3CCN(Cc3ccccc3)C4)N2)cc1. The summed E-state index contributed by atoms with van der Waals surface area (Å²) in [4.78, 5) is 19.4. The summed E-state index contributed by atoms with van der Waals surface area (Å²) in [5, 5.41) is 7.84. The van der Waals surface area contributed by atoms with Crippen LogP contribution in [-0.2, 0) is 19.5 Å². The zero-order valence-electron chi connectivity index (χ0n) is 20.1. The monoisotopic (exact) mass is 474 g/mol. The topological polar surface area (TPSA) is 47.6 Å². The van der Waals surface area contributed by atoms with Crippen LogP contribution in [0.15, 0.2) is 54.6 Å². The fraction of sp³-hybridized carbons (Fsp3) is 0.393. The van der Waals surface area contributed by atoms with Gasteiger partial charge in [0, 0.05) is 43.3 Å². The molecule has 3 aromatic rings. The number of nitrogens with one attached hydrogen (secondary N) is 2. The van der Waals surface area contributed by atoms with Crippen molar-refractivity contribution in [1.82, 2.24) is 10.2 Å². The maximum atomic E-state index is 13.2. The molecule has 2 aliphatic heterocycles. The lowest BCUT2D eigenvalue weighted by Gasteiger charge is -2.29. The smallest absolute Gasteiger partial charge is 0.256 e. The first-order chi connectivity index (χ1) is 16.7. The second-order valence-electron chi connectivity index (χ2n) is 9.28. The van der Waals surface area contributed by atoms with Gasteiger partial charge in [-0.25, -0.2) is 0 Å². The molecule has 1 aromatic heterocycles. The standard InChI is InChI=1S/C28H34N4OS/c1-3-15-32(16-4-2)22-12-10-21(11-13-22)26-29-27(33)25-23-14-17-31(18-20-8-6-5-7-9-20)19-24(23)34-28(25)30-26/h5-13,26,30H,3-4,14-19H2,1-2H3,(H,29,33). The molecule has 0 aliphatic carbocycles. The molecule has 0 fully saturated rings. The van der Waals surface area contributed by atoms with Crippen molar-refractivity contribution in [3.63, 3.8) is 0 Å². The molecule has 1 atom stereocenters. The Bertz CT molecular complexity index is 1120. The number of benzene rings is 2. The molecule has 3 heterocycles. The maximum Gasteiger partial charge on any atom is 0.256 e. The molecule has 1 amide bonds. The molecular formula is C28H34N4OS. The first-order valence-corrected chi connectivity index (χ1v) is 13.3. The number of carbonyl (C=O) groups excluding carboxylic acids is 1. The Labute approximate surface area is 206 Å². The average molecular weight is 475 g/mol. The van der Waals surface area contributed by atoms with E-state index in [4.69, 9.17) is 0 Å². The largest absolute Gasteiger partial charge is 0.372 e. The minimum atomic E-state index is -0.194. The molecule has 34 heavy (non-hydrogen) atoms. The normalized spacial score (nSPS) is 17.5. The third-order valence-electron chi connectivity index (χ3n) is 6.74. The molecule has 2 N–H and O–H groups in total. The molecule has 0 saturated heterocycles. The highest BCUT2D eigenvalue weighted by molar-refractivity contribution is 7.16. The molecule has 1 unspecified atom stereocenters. The van der Waals surface area contributed by atoms with Gasteiger partial charge >= 0.3 is 0 Å². The molecule has 0 bridgehead atoms. The van der Waals surface area contributed by atoms with E-state index < -0.39 is 0 Å².